The highest BCUT2D eigenvalue weighted by Gasteiger charge is 2.21. The van der Waals surface area contributed by atoms with Crippen LogP contribution in [0.2, 0.25) is 0 Å². The van der Waals surface area contributed by atoms with Crippen molar-refractivity contribution in [3.63, 3.8) is 0 Å². The zero-order valence-corrected chi connectivity index (χ0v) is 19.3. The molecule has 1 aliphatic heterocycles. The van der Waals surface area contributed by atoms with E-state index in [2.05, 4.69) is 47.9 Å². The van der Waals surface area contributed by atoms with Gasteiger partial charge in [0.1, 0.15) is 5.52 Å². The molecule has 0 unspecified atom stereocenters. The first-order valence-electron chi connectivity index (χ1n) is 10.5. The van der Waals surface area contributed by atoms with Gasteiger partial charge in [-0.2, -0.15) is 0 Å². The number of nitrogens with one attached hydrogen (secondary N) is 2. The molecule has 0 amide bonds. The van der Waals surface area contributed by atoms with Gasteiger partial charge >= 0.3 is 0 Å². The van der Waals surface area contributed by atoms with Gasteiger partial charge < -0.3 is 30.4 Å². The largest absolute Gasteiger partial charge is 0.454 e. The van der Waals surface area contributed by atoms with Gasteiger partial charge in [-0.3, -0.25) is 0 Å². The zero-order valence-electron chi connectivity index (χ0n) is 18.5. The summed E-state index contributed by atoms with van der Waals surface area (Å²) < 4.78 is 13.3. The zero-order chi connectivity index (χ0) is 22.0. The number of rotatable bonds is 8. The number of hydrogen-bond donors (Lipinski definition) is 3. The summed E-state index contributed by atoms with van der Waals surface area (Å²) in [5.74, 6) is 1.95. The second-order valence-corrected chi connectivity index (χ2v) is 9.69. The fourth-order valence-electron chi connectivity index (χ4n) is 3.43. The fourth-order valence-corrected chi connectivity index (χ4v) is 4.47. The SMILES string of the molecule is CCNc1cc2c(cc1Sc1nc3c(N)nccc3n1CCNCC(C)(C)C)OCO2. The summed E-state index contributed by atoms with van der Waals surface area (Å²) in [5.41, 5.74) is 9.07. The van der Waals surface area contributed by atoms with Crippen molar-refractivity contribution in [3.05, 3.63) is 24.4 Å². The molecule has 8 nitrogen and oxygen atoms in total. The number of imidazole rings is 1. The van der Waals surface area contributed by atoms with E-state index in [-0.39, 0.29) is 12.2 Å². The molecule has 4 N–H and O–H groups in total. The molecule has 9 heteroatoms. The highest BCUT2D eigenvalue weighted by Crippen LogP contribution is 2.43. The lowest BCUT2D eigenvalue weighted by molar-refractivity contribution is 0.174. The van der Waals surface area contributed by atoms with Crippen LogP contribution < -0.4 is 25.8 Å². The topological polar surface area (TPSA) is 99.2 Å². The van der Waals surface area contributed by atoms with Crippen LogP contribution in [-0.4, -0.2) is 41.0 Å². The molecule has 0 radical (unpaired) electrons. The molecule has 31 heavy (non-hydrogen) atoms. The maximum absolute atomic E-state index is 6.13. The van der Waals surface area contributed by atoms with Crippen molar-refractivity contribution in [2.24, 2.45) is 5.41 Å². The smallest absolute Gasteiger partial charge is 0.231 e. The lowest BCUT2D eigenvalue weighted by Gasteiger charge is -2.19. The first kappa shape index (κ1) is 21.6. The van der Waals surface area contributed by atoms with E-state index in [1.807, 2.05) is 18.2 Å². The molecule has 3 heterocycles. The van der Waals surface area contributed by atoms with Crippen LogP contribution in [-0.2, 0) is 6.54 Å². The quantitative estimate of drug-likeness (QED) is 0.451. The highest BCUT2D eigenvalue weighted by atomic mass is 32.2. The number of pyridine rings is 1. The Morgan fingerprint density at radius 3 is 2.74 bits per heavy atom. The summed E-state index contributed by atoms with van der Waals surface area (Å²) in [5, 5.41) is 7.83. The van der Waals surface area contributed by atoms with Crippen molar-refractivity contribution in [2.75, 3.05) is 37.5 Å². The van der Waals surface area contributed by atoms with Crippen LogP contribution in [0.15, 0.2) is 34.4 Å². The van der Waals surface area contributed by atoms with Crippen molar-refractivity contribution in [1.29, 1.82) is 0 Å². The molecule has 0 fully saturated rings. The Balaban J connectivity index is 1.66. The van der Waals surface area contributed by atoms with Gasteiger partial charge in [0.25, 0.3) is 0 Å². The Kier molecular flexibility index (Phi) is 6.15. The minimum absolute atomic E-state index is 0.232. The van der Waals surface area contributed by atoms with E-state index >= 15 is 0 Å². The van der Waals surface area contributed by atoms with Gasteiger partial charge in [-0.15, -0.1) is 0 Å². The number of benzene rings is 1. The van der Waals surface area contributed by atoms with Gasteiger partial charge in [0.05, 0.1) is 11.2 Å². The Morgan fingerprint density at radius 1 is 1.23 bits per heavy atom. The van der Waals surface area contributed by atoms with E-state index in [1.54, 1.807) is 18.0 Å². The molecule has 0 saturated heterocycles. The molecule has 1 aliphatic rings. The number of nitrogens with two attached hydrogens (primary N) is 1. The third-order valence-electron chi connectivity index (χ3n) is 4.87. The number of anilines is 2. The maximum Gasteiger partial charge on any atom is 0.231 e. The van der Waals surface area contributed by atoms with Crippen LogP contribution >= 0.6 is 11.8 Å². The summed E-state index contributed by atoms with van der Waals surface area (Å²) in [6, 6.07) is 5.97. The van der Waals surface area contributed by atoms with Gasteiger partial charge in [0, 0.05) is 49.4 Å². The van der Waals surface area contributed by atoms with Gasteiger partial charge in [-0.1, -0.05) is 20.8 Å². The van der Waals surface area contributed by atoms with Crippen molar-refractivity contribution < 1.29 is 9.47 Å². The second-order valence-electron chi connectivity index (χ2n) is 8.68. The van der Waals surface area contributed by atoms with E-state index in [9.17, 15) is 0 Å². The molecular weight excluding hydrogens is 412 g/mol. The number of nitrogen functional groups attached to an aromatic ring is 1. The van der Waals surface area contributed by atoms with Gasteiger partial charge in [-0.25, -0.2) is 9.97 Å². The lowest BCUT2D eigenvalue weighted by Crippen LogP contribution is -2.29. The van der Waals surface area contributed by atoms with E-state index in [0.717, 1.165) is 64.5 Å². The Morgan fingerprint density at radius 2 is 2.00 bits per heavy atom. The first-order valence-corrected chi connectivity index (χ1v) is 11.3. The number of aromatic nitrogens is 3. The lowest BCUT2D eigenvalue weighted by atomic mass is 9.97. The summed E-state index contributed by atoms with van der Waals surface area (Å²) in [6.45, 7) is 12.3. The second kappa shape index (κ2) is 8.84. The van der Waals surface area contributed by atoms with Crippen molar-refractivity contribution in [2.45, 2.75) is 44.3 Å². The number of fused-ring (bicyclic) bond motifs is 2. The molecule has 166 valence electrons. The van der Waals surface area contributed by atoms with E-state index < -0.39 is 0 Å². The molecule has 0 bridgehead atoms. The molecule has 1 aromatic carbocycles. The number of ether oxygens (including phenoxy) is 2. The molecule has 3 aromatic rings. The first-order chi connectivity index (χ1) is 14.9. The summed E-state index contributed by atoms with van der Waals surface area (Å²) in [7, 11) is 0. The molecule has 0 spiro atoms. The molecular formula is C22H30N6O2S. The van der Waals surface area contributed by atoms with Gasteiger partial charge in [-0.05, 0) is 30.2 Å². The van der Waals surface area contributed by atoms with Crippen molar-refractivity contribution >= 4 is 34.3 Å². The van der Waals surface area contributed by atoms with Gasteiger partial charge in [0.15, 0.2) is 22.5 Å². The Labute approximate surface area is 186 Å². The summed E-state index contributed by atoms with van der Waals surface area (Å²) >= 11 is 1.59. The number of nitrogens with zero attached hydrogens (tertiary/aromatic N) is 3. The van der Waals surface area contributed by atoms with Crippen LogP contribution in [0.3, 0.4) is 0 Å². The van der Waals surface area contributed by atoms with Crippen LogP contribution in [0, 0.1) is 5.41 Å². The molecule has 0 atom stereocenters. The standard InChI is InChI=1S/C22H30N6O2S/c1-5-25-14-10-16-17(30-13-29-16)11-18(14)31-21-27-19-15(6-7-26-20(19)23)28(21)9-8-24-12-22(2,3)4/h6-7,10-11,24-25H,5,8-9,12-13H2,1-4H3,(H2,23,26). The average Bonchev–Trinajstić information content (AvgIpc) is 3.30. The minimum Gasteiger partial charge on any atom is -0.454 e. The summed E-state index contributed by atoms with van der Waals surface area (Å²) in [4.78, 5) is 10.1. The van der Waals surface area contributed by atoms with Crippen LogP contribution in [0.1, 0.15) is 27.7 Å². The van der Waals surface area contributed by atoms with E-state index in [0.29, 0.717) is 5.82 Å². The molecule has 4 rings (SSSR count). The Hall–Kier alpha value is -2.65. The number of hydrogen-bond acceptors (Lipinski definition) is 8. The molecule has 2 aromatic heterocycles. The fraction of sp³-hybridized carbons (Fsp3) is 0.455. The average molecular weight is 443 g/mol. The molecule has 0 saturated carbocycles. The van der Waals surface area contributed by atoms with Crippen molar-refractivity contribution in [1.82, 2.24) is 19.9 Å². The van der Waals surface area contributed by atoms with E-state index in [4.69, 9.17) is 20.2 Å². The predicted molar refractivity (Wildman–Crippen MR) is 125 cm³/mol. The highest BCUT2D eigenvalue weighted by molar-refractivity contribution is 7.99. The minimum atomic E-state index is 0.232. The third-order valence-corrected chi connectivity index (χ3v) is 5.92. The third kappa shape index (κ3) is 4.83. The monoisotopic (exact) mass is 442 g/mol. The maximum atomic E-state index is 6.13. The van der Waals surface area contributed by atoms with Gasteiger partial charge in [0.2, 0.25) is 6.79 Å². The van der Waals surface area contributed by atoms with E-state index in [1.165, 1.54) is 0 Å². The van der Waals surface area contributed by atoms with Crippen molar-refractivity contribution in [3.8, 4) is 11.5 Å². The summed E-state index contributed by atoms with van der Waals surface area (Å²) in [6.07, 6.45) is 1.73. The van der Waals surface area contributed by atoms with Crippen LogP contribution in [0.4, 0.5) is 11.5 Å². The predicted octanol–water partition coefficient (Wildman–Crippen LogP) is 3.96. The van der Waals surface area contributed by atoms with Crippen LogP contribution in [0.5, 0.6) is 11.5 Å². The Bertz CT molecular complexity index is 1080. The van der Waals surface area contributed by atoms with Crippen LogP contribution in [0.25, 0.3) is 11.0 Å². The normalized spacial score (nSPS) is 13.2. The molecule has 0 aliphatic carbocycles.